The van der Waals surface area contributed by atoms with Gasteiger partial charge in [0, 0.05) is 23.8 Å². The number of carboxylic acid groups (broad SMARTS) is 1. The predicted molar refractivity (Wildman–Crippen MR) is 90.8 cm³/mol. The molecule has 2 rings (SSSR count). The largest absolute Gasteiger partial charge is 0.481 e. The molecule has 0 saturated carbocycles. The molecular formula is C16H20BrN3O3. The Kier molecular flexibility index (Phi) is 5.41. The topological polar surface area (TPSA) is 74.9 Å². The van der Waals surface area contributed by atoms with Gasteiger partial charge in [0.25, 0.3) is 5.91 Å². The van der Waals surface area contributed by atoms with Gasteiger partial charge >= 0.3 is 5.97 Å². The highest BCUT2D eigenvalue weighted by Crippen LogP contribution is 2.21. The molecule has 2 aromatic rings. The lowest BCUT2D eigenvalue weighted by atomic mass is 10.2. The molecule has 0 bridgehead atoms. The maximum Gasteiger partial charge on any atom is 0.305 e. The predicted octanol–water partition coefficient (Wildman–Crippen LogP) is 3.04. The summed E-state index contributed by atoms with van der Waals surface area (Å²) < 4.78 is 2.64. The van der Waals surface area contributed by atoms with E-state index >= 15 is 0 Å². The van der Waals surface area contributed by atoms with E-state index < -0.39 is 5.97 Å². The zero-order chi connectivity index (χ0) is 17.1. The fraction of sp³-hybridized carbons (Fsp3) is 0.438. The Morgan fingerprint density at radius 2 is 2.04 bits per heavy atom. The van der Waals surface area contributed by atoms with Crippen molar-refractivity contribution in [3.05, 3.63) is 33.7 Å². The van der Waals surface area contributed by atoms with E-state index in [0.717, 1.165) is 22.1 Å². The zero-order valence-corrected chi connectivity index (χ0v) is 15.1. The van der Waals surface area contributed by atoms with Gasteiger partial charge in [0.15, 0.2) is 0 Å². The number of hydrogen-bond acceptors (Lipinski definition) is 3. The highest BCUT2D eigenvalue weighted by molar-refractivity contribution is 9.10. The lowest BCUT2D eigenvalue weighted by Crippen LogP contribution is -2.34. The minimum atomic E-state index is -0.910. The third kappa shape index (κ3) is 3.72. The Balaban J connectivity index is 2.46. The van der Waals surface area contributed by atoms with Crippen molar-refractivity contribution < 1.29 is 14.7 Å². The number of halogens is 1. The van der Waals surface area contributed by atoms with Gasteiger partial charge in [-0.2, -0.15) is 0 Å². The monoisotopic (exact) mass is 381 g/mol. The number of pyridine rings is 1. The SMILES string of the molecule is CCCN(CCC(=O)O)C(=O)c1c(C)nc2c(C)cc(Br)cn12. The van der Waals surface area contributed by atoms with Gasteiger partial charge in [-0.1, -0.05) is 6.92 Å². The summed E-state index contributed by atoms with van der Waals surface area (Å²) in [5.74, 6) is -1.09. The molecule has 2 heterocycles. The summed E-state index contributed by atoms with van der Waals surface area (Å²) in [6.07, 6.45) is 2.52. The Morgan fingerprint density at radius 1 is 1.35 bits per heavy atom. The number of carboxylic acids is 1. The van der Waals surface area contributed by atoms with E-state index in [-0.39, 0.29) is 18.9 Å². The van der Waals surface area contributed by atoms with E-state index in [1.54, 1.807) is 16.2 Å². The van der Waals surface area contributed by atoms with Crippen molar-refractivity contribution in [3.63, 3.8) is 0 Å². The zero-order valence-electron chi connectivity index (χ0n) is 13.5. The third-order valence-electron chi connectivity index (χ3n) is 3.62. The number of fused-ring (bicyclic) bond motifs is 1. The van der Waals surface area contributed by atoms with Crippen LogP contribution in [0.4, 0.5) is 0 Å². The van der Waals surface area contributed by atoms with Crippen LogP contribution in [0.1, 0.15) is 41.5 Å². The molecule has 23 heavy (non-hydrogen) atoms. The van der Waals surface area contributed by atoms with Gasteiger partial charge in [-0.25, -0.2) is 4.98 Å². The highest BCUT2D eigenvalue weighted by Gasteiger charge is 2.23. The standard InChI is InChI=1S/C16H20BrN3O3/c1-4-6-19(7-5-13(21)22)16(23)14-11(3)18-15-10(2)8-12(17)9-20(14)15/h8-9H,4-7H2,1-3H3,(H,21,22). The second-order valence-corrected chi connectivity index (χ2v) is 6.43. The number of imidazole rings is 1. The molecule has 0 fully saturated rings. The number of aryl methyl sites for hydroxylation is 2. The molecule has 0 aromatic carbocycles. The minimum Gasteiger partial charge on any atom is -0.481 e. The number of carbonyl (C=O) groups is 2. The second kappa shape index (κ2) is 7.12. The number of aromatic nitrogens is 2. The van der Waals surface area contributed by atoms with E-state index in [4.69, 9.17) is 5.11 Å². The van der Waals surface area contributed by atoms with Crippen LogP contribution in [0, 0.1) is 13.8 Å². The van der Waals surface area contributed by atoms with Crippen molar-refractivity contribution in [3.8, 4) is 0 Å². The van der Waals surface area contributed by atoms with Crippen LogP contribution < -0.4 is 0 Å². The van der Waals surface area contributed by atoms with Gasteiger partial charge in [-0.3, -0.25) is 14.0 Å². The van der Waals surface area contributed by atoms with Crippen molar-refractivity contribution in [2.24, 2.45) is 0 Å². The summed E-state index contributed by atoms with van der Waals surface area (Å²) in [4.78, 5) is 29.8. The Morgan fingerprint density at radius 3 is 2.65 bits per heavy atom. The molecule has 0 saturated heterocycles. The molecule has 124 valence electrons. The summed E-state index contributed by atoms with van der Waals surface area (Å²) in [6.45, 7) is 6.42. The van der Waals surface area contributed by atoms with Crippen molar-refractivity contribution in [1.82, 2.24) is 14.3 Å². The number of carbonyl (C=O) groups excluding carboxylic acids is 1. The van der Waals surface area contributed by atoms with Gasteiger partial charge < -0.3 is 10.0 Å². The van der Waals surface area contributed by atoms with Gasteiger partial charge in [-0.05, 0) is 47.8 Å². The van der Waals surface area contributed by atoms with Crippen LogP contribution >= 0.6 is 15.9 Å². The smallest absolute Gasteiger partial charge is 0.305 e. The summed E-state index contributed by atoms with van der Waals surface area (Å²) >= 11 is 3.44. The molecule has 0 aliphatic carbocycles. The molecule has 6 nitrogen and oxygen atoms in total. The number of nitrogens with zero attached hydrogens (tertiary/aromatic N) is 3. The minimum absolute atomic E-state index is 0.0652. The van der Waals surface area contributed by atoms with Crippen LogP contribution in [0.2, 0.25) is 0 Å². The van der Waals surface area contributed by atoms with Crippen molar-refractivity contribution >= 4 is 33.5 Å². The van der Waals surface area contributed by atoms with Crippen LogP contribution in [-0.2, 0) is 4.79 Å². The fourth-order valence-electron chi connectivity index (χ4n) is 2.60. The first-order valence-corrected chi connectivity index (χ1v) is 8.30. The summed E-state index contributed by atoms with van der Waals surface area (Å²) in [5, 5.41) is 8.88. The molecule has 0 aliphatic heterocycles. The number of amides is 1. The summed E-state index contributed by atoms with van der Waals surface area (Å²) in [6, 6.07) is 1.95. The molecule has 1 N–H and O–H groups in total. The number of rotatable bonds is 6. The average molecular weight is 382 g/mol. The van der Waals surface area contributed by atoms with Gasteiger partial charge in [-0.15, -0.1) is 0 Å². The number of aliphatic carboxylic acids is 1. The molecule has 0 aliphatic rings. The van der Waals surface area contributed by atoms with Gasteiger partial charge in [0.05, 0.1) is 12.1 Å². The molecular weight excluding hydrogens is 362 g/mol. The first-order chi connectivity index (χ1) is 10.8. The maximum absolute atomic E-state index is 12.9. The van der Waals surface area contributed by atoms with Crippen molar-refractivity contribution in [1.29, 1.82) is 0 Å². The highest BCUT2D eigenvalue weighted by atomic mass is 79.9. The van der Waals surface area contributed by atoms with Crippen LogP contribution in [0.5, 0.6) is 0 Å². The summed E-state index contributed by atoms with van der Waals surface area (Å²) in [5.41, 5.74) is 2.84. The van der Waals surface area contributed by atoms with E-state index in [1.165, 1.54) is 0 Å². The molecule has 0 atom stereocenters. The first-order valence-electron chi connectivity index (χ1n) is 7.51. The Hall–Kier alpha value is -1.89. The first kappa shape index (κ1) is 17.5. The molecule has 0 spiro atoms. The summed E-state index contributed by atoms with van der Waals surface area (Å²) in [7, 11) is 0. The number of hydrogen-bond donors (Lipinski definition) is 1. The average Bonchev–Trinajstić information content (AvgIpc) is 2.79. The van der Waals surface area contributed by atoms with Gasteiger partial charge in [0.1, 0.15) is 11.3 Å². The van der Waals surface area contributed by atoms with E-state index in [1.807, 2.05) is 26.1 Å². The van der Waals surface area contributed by atoms with E-state index in [2.05, 4.69) is 20.9 Å². The lowest BCUT2D eigenvalue weighted by Gasteiger charge is -2.21. The molecule has 7 heteroatoms. The van der Waals surface area contributed by atoms with Crippen LogP contribution in [0.3, 0.4) is 0 Å². The second-order valence-electron chi connectivity index (χ2n) is 5.52. The van der Waals surface area contributed by atoms with Crippen LogP contribution in [0.25, 0.3) is 5.65 Å². The van der Waals surface area contributed by atoms with Gasteiger partial charge in [0.2, 0.25) is 0 Å². The quantitative estimate of drug-likeness (QED) is 0.834. The molecule has 2 aromatic heterocycles. The van der Waals surface area contributed by atoms with Crippen molar-refractivity contribution in [2.45, 2.75) is 33.6 Å². The van der Waals surface area contributed by atoms with Crippen LogP contribution in [-0.4, -0.2) is 44.4 Å². The molecule has 0 unspecified atom stereocenters. The third-order valence-corrected chi connectivity index (χ3v) is 4.06. The normalized spacial score (nSPS) is 11.0. The maximum atomic E-state index is 12.9. The van der Waals surface area contributed by atoms with Crippen LogP contribution in [0.15, 0.2) is 16.7 Å². The van der Waals surface area contributed by atoms with Crippen molar-refractivity contribution in [2.75, 3.05) is 13.1 Å². The van der Waals surface area contributed by atoms with E-state index in [9.17, 15) is 9.59 Å². The Bertz CT molecular complexity index is 755. The fourth-order valence-corrected chi connectivity index (χ4v) is 3.15. The van der Waals surface area contributed by atoms with E-state index in [0.29, 0.717) is 17.9 Å². The Labute approximate surface area is 143 Å². The molecule has 0 radical (unpaired) electrons. The molecule has 1 amide bonds. The lowest BCUT2D eigenvalue weighted by molar-refractivity contribution is -0.137.